The maximum Gasteiger partial charge on any atom is 0.342 e. The van der Waals surface area contributed by atoms with Gasteiger partial charge in [-0.15, -0.1) is 0 Å². The van der Waals surface area contributed by atoms with Crippen LogP contribution in [0.3, 0.4) is 0 Å². The summed E-state index contributed by atoms with van der Waals surface area (Å²) in [5, 5.41) is 19.8. The molecule has 0 spiro atoms. The van der Waals surface area contributed by atoms with E-state index >= 15 is 0 Å². The van der Waals surface area contributed by atoms with Gasteiger partial charge in [-0.3, -0.25) is 10.1 Å². The van der Waals surface area contributed by atoms with E-state index in [2.05, 4.69) is 0 Å². The SMILES string of the molecule is CCCc1c(C)ccc(C(=O)O)c1[N+](=O)[O-]. The molecule has 1 aromatic carbocycles. The molecule has 0 heterocycles. The molecule has 0 fully saturated rings. The zero-order valence-electron chi connectivity index (χ0n) is 9.19. The van der Waals surface area contributed by atoms with E-state index in [1.807, 2.05) is 6.92 Å². The van der Waals surface area contributed by atoms with Gasteiger partial charge in [0.05, 0.1) is 4.92 Å². The number of nitro benzene ring substituents is 1. The fraction of sp³-hybridized carbons (Fsp3) is 0.364. The van der Waals surface area contributed by atoms with E-state index in [9.17, 15) is 14.9 Å². The number of nitro groups is 1. The summed E-state index contributed by atoms with van der Waals surface area (Å²) < 4.78 is 0. The van der Waals surface area contributed by atoms with Crippen molar-refractivity contribution >= 4 is 11.7 Å². The molecule has 5 heteroatoms. The highest BCUT2D eigenvalue weighted by atomic mass is 16.6. The molecule has 0 unspecified atom stereocenters. The summed E-state index contributed by atoms with van der Waals surface area (Å²) in [6, 6.07) is 2.90. The normalized spacial score (nSPS) is 10.1. The zero-order valence-corrected chi connectivity index (χ0v) is 9.19. The molecule has 0 aliphatic rings. The highest BCUT2D eigenvalue weighted by Gasteiger charge is 2.24. The Morgan fingerprint density at radius 1 is 1.50 bits per heavy atom. The lowest BCUT2D eigenvalue weighted by Crippen LogP contribution is -2.07. The summed E-state index contributed by atoms with van der Waals surface area (Å²) in [5.41, 5.74) is 0.777. The Balaban J connectivity index is 3.49. The number of benzene rings is 1. The molecule has 0 saturated carbocycles. The minimum atomic E-state index is -1.26. The van der Waals surface area contributed by atoms with Crippen LogP contribution in [-0.4, -0.2) is 16.0 Å². The Kier molecular flexibility index (Phi) is 3.60. The van der Waals surface area contributed by atoms with Crippen molar-refractivity contribution in [3.8, 4) is 0 Å². The highest BCUT2D eigenvalue weighted by molar-refractivity contribution is 5.93. The minimum absolute atomic E-state index is 0.237. The molecule has 16 heavy (non-hydrogen) atoms. The lowest BCUT2D eigenvalue weighted by molar-refractivity contribution is -0.385. The third-order valence-electron chi connectivity index (χ3n) is 2.43. The van der Waals surface area contributed by atoms with Gasteiger partial charge < -0.3 is 5.11 Å². The summed E-state index contributed by atoms with van der Waals surface area (Å²) in [6.45, 7) is 3.65. The minimum Gasteiger partial charge on any atom is -0.477 e. The van der Waals surface area contributed by atoms with Crippen LogP contribution in [0.5, 0.6) is 0 Å². The maximum atomic E-state index is 10.9. The first-order valence-electron chi connectivity index (χ1n) is 4.99. The van der Waals surface area contributed by atoms with Crippen molar-refractivity contribution in [2.45, 2.75) is 26.7 Å². The first-order valence-corrected chi connectivity index (χ1v) is 4.99. The largest absolute Gasteiger partial charge is 0.477 e. The van der Waals surface area contributed by atoms with E-state index < -0.39 is 10.9 Å². The van der Waals surface area contributed by atoms with Gasteiger partial charge >= 0.3 is 5.97 Å². The second-order valence-corrected chi connectivity index (χ2v) is 3.57. The third-order valence-corrected chi connectivity index (χ3v) is 2.43. The number of carbonyl (C=O) groups is 1. The van der Waals surface area contributed by atoms with Crippen molar-refractivity contribution in [2.24, 2.45) is 0 Å². The molecule has 0 saturated heterocycles. The molecule has 1 aromatic rings. The van der Waals surface area contributed by atoms with Crippen molar-refractivity contribution in [1.29, 1.82) is 0 Å². The topological polar surface area (TPSA) is 80.4 Å². The Morgan fingerprint density at radius 2 is 2.12 bits per heavy atom. The molecule has 1 rings (SSSR count). The molecular formula is C11H13NO4. The average Bonchev–Trinajstić information content (AvgIpc) is 2.20. The van der Waals surface area contributed by atoms with Gasteiger partial charge in [-0.1, -0.05) is 19.4 Å². The maximum absolute atomic E-state index is 10.9. The van der Waals surface area contributed by atoms with Crippen molar-refractivity contribution < 1.29 is 14.8 Å². The summed E-state index contributed by atoms with van der Waals surface area (Å²) >= 11 is 0. The van der Waals surface area contributed by atoms with Gasteiger partial charge in [-0.25, -0.2) is 4.79 Å². The van der Waals surface area contributed by atoms with Crippen LogP contribution in [0.4, 0.5) is 5.69 Å². The standard InChI is InChI=1S/C11H13NO4/c1-3-4-8-7(2)5-6-9(11(13)14)10(8)12(15)16/h5-6H,3-4H2,1-2H3,(H,13,14). The van der Waals surface area contributed by atoms with Crippen LogP contribution in [0.15, 0.2) is 12.1 Å². The Bertz CT molecular complexity index is 440. The first-order chi connectivity index (χ1) is 7.49. The van der Waals surface area contributed by atoms with Crippen molar-refractivity contribution in [3.63, 3.8) is 0 Å². The Hall–Kier alpha value is -1.91. The van der Waals surface area contributed by atoms with E-state index in [1.54, 1.807) is 13.0 Å². The molecule has 0 amide bonds. The third kappa shape index (κ3) is 2.18. The molecular weight excluding hydrogens is 210 g/mol. The second-order valence-electron chi connectivity index (χ2n) is 3.57. The number of aromatic carboxylic acids is 1. The smallest absolute Gasteiger partial charge is 0.342 e. The molecule has 0 aromatic heterocycles. The molecule has 5 nitrogen and oxygen atoms in total. The van der Waals surface area contributed by atoms with E-state index in [0.29, 0.717) is 12.0 Å². The van der Waals surface area contributed by atoms with Crippen LogP contribution in [0.25, 0.3) is 0 Å². The lowest BCUT2D eigenvalue weighted by atomic mass is 9.98. The van der Waals surface area contributed by atoms with Gasteiger partial charge in [0.25, 0.3) is 5.69 Å². The quantitative estimate of drug-likeness (QED) is 0.628. The van der Waals surface area contributed by atoms with Gasteiger partial charge in [-0.2, -0.15) is 0 Å². The van der Waals surface area contributed by atoms with Crippen molar-refractivity contribution in [2.75, 3.05) is 0 Å². The van der Waals surface area contributed by atoms with Gasteiger partial charge in [0.1, 0.15) is 5.56 Å². The zero-order chi connectivity index (χ0) is 12.3. The molecule has 1 N–H and O–H groups in total. The number of rotatable bonds is 4. The Labute approximate surface area is 92.9 Å². The van der Waals surface area contributed by atoms with Crippen LogP contribution in [-0.2, 0) is 6.42 Å². The van der Waals surface area contributed by atoms with Gasteiger partial charge in [0, 0.05) is 5.56 Å². The molecule has 86 valence electrons. The average molecular weight is 223 g/mol. The van der Waals surface area contributed by atoms with Crippen molar-refractivity contribution in [1.82, 2.24) is 0 Å². The van der Waals surface area contributed by atoms with Crippen LogP contribution >= 0.6 is 0 Å². The molecule has 0 aliphatic heterocycles. The van der Waals surface area contributed by atoms with E-state index in [4.69, 9.17) is 5.11 Å². The fourth-order valence-corrected chi connectivity index (χ4v) is 1.68. The lowest BCUT2D eigenvalue weighted by Gasteiger charge is -2.07. The number of aryl methyl sites for hydroxylation is 1. The second kappa shape index (κ2) is 4.74. The molecule has 0 bridgehead atoms. The number of nitrogens with zero attached hydrogens (tertiary/aromatic N) is 1. The number of hydrogen-bond donors (Lipinski definition) is 1. The van der Waals surface area contributed by atoms with Crippen LogP contribution in [0.1, 0.15) is 34.8 Å². The number of hydrogen-bond acceptors (Lipinski definition) is 3. The van der Waals surface area contributed by atoms with Crippen LogP contribution in [0.2, 0.25) is 0 Å². The van der Waals surface area contributed by atoms with Crippen molar-refractivity contribution in [3.05, 3.63) is 38.9 Å². The summed E-state index contributed by atoms with van der Waals surface area (Å²) in [7, 11) is 0. The Morgan fingerprint density at radius 3 is 2.56 bits per heavy atom. The van der Waals surface area contributed by atoms with Crippen LogP contribution in [0, 0.1) is 17.0 Å². The van der Waals surface area contributed by atoms with Crippen LogP contribution < -0.4 is 0 Å². The van der Waals surface area contributed by atoms with E-state index in [0.717, 1.165) is 12.0 Å². The summed E-state index contributed by atoms with van der Waals surface area (Å²) in [4.78, 5) is 21.2. The summed E-state index contributed by atoms with van der Waals surface area (Å²) in [6.07, 6.45) is 1.26. The van der Waals surface area contributed by atoms with E-state index in [1.165, 1.54) is 6.07 Å². The molecule has 0 aliphatic carbocycles. The van der Waals surface area contributed by atoms with Gasteiger partial charge in [0.2, 0.25) is 0 Å². The monoisotopic (exact) mass is 223 g/mol. The summed E-state index contributed by atoms with van der Waals surface area (Å²) in [5.74, 6) is -1.26. The van der Waals surface area contributed by atoms with Gasteiger partial charge in [0.15, 0.2) is 0 Å². The molecule has 0 radical (unpaired) electrons. The molecule has 0 atom stereocenters. The number of carboxylic acid groups (broad SMARTS) is 1. The number of carboxylic acids is 1. The predicted octanol–water partition coefficient (Wildman–Crippen LogP) is 2.55. The highest BCUT2D eigenvalue weighted by Crippen LogP contribution is 2.28. The van der Waals surface area contributed by atoms with E-state index in [-0.39, 0.29) is 11.3 Å². The first kappa shape index (κ1) is 12.2. The fourth-order valence-electron chi connectivity index (χ4n) is 1.68. The predicted molar refractivity (Wildman–Crippen MR) is 58.8 cm³/mol. The van der Waals surface area contributed by atoms with Gasteiger partial charge in [-0.05, 0) is 25.0 Å².